The van der Waals surface area contributed by atoms with Crippen molar-refractivity contribution < 1.29 is 9.21 Å². The fourth-order valence-electron chi connectivity index (χ4n) is 1.71. The van der Waals surface area contributed by atoms with Crippen molar-refractivity contribution in [2.24, 2.45) is 0 Å². The van der Waals surface area contributed by atoms with Gasteiger partial charge in [0.05, 0.1) is 10.5 Å². The molecule has 0 amide bonds. The fourth-order valence-corrected chi connectivity index (χ4v) is 1.96. The molecule has 0 aliphatic rings. The minimum Gasteiger partial charge on any atom is -0.452 e. The highest BCUT2D eigenvalue weighted by Crippen LogP contribution is 2.28. The summed E-state index contributed by atoms with van der Waals surface area (Å²) in [7, 11) is 0. The first-order valence-electron chi connectivity index (χ1n) is 5.23. The maximum Gasteiger partial charge on any atom is 0.185 e. The molecule has 3 aromatic heterocycles. The largest absolute Gasteiger partial charge is 0.452 e. The Kier molecular flexibility index (Phi) is 2.57. The Morgan fingerprint density at radius 3 is 2.94 bits per heavy atom. The van der Waals surface area contributed by atoms with Crippen molar-refractivity contribution >= 4 is 28.8 Å². The SMILES string of the molecule is O=Cc1ccc(-c2cc(Cl)c3cnccc3n2)o1. The van der Waals surface area contributed by atoms with E-state index in [0.717, 1.165) is 10.9 Å². The predicted octanol–water partition coefficient (Wildman–Crippen LogP) is 3.36. The van der Waals surface area contributed by atoms with E-state index in [1.807, 2.05) is 0 Å². The highest BCUT2D eigenvalue weighted by Gasteiger charge is 2.09. The molecule has 18 heavy (non-hydrogen) atoms. The number of hydrogen-bond donors (Lipinski definition) is 0. The van der Waals surface area contributed by atoms with Gasteiger partial charge in [-0.05, 0) is 24.3 Å². The molecule has 0 saturated carbocycles. The lowest BCUT2D eigenvalue weighted by atomic mass is 10.2. The van der Waals surface area contributed by atoms with Gasteiger partial charge in [0.25, 0.3) is 0 Å². The number of aromatic nitrogens is 2. The Morgan fingerprint density at radius 2 is 2.17 bits per heavy atom. The van der Waals surface area contributed by atoms with Gasteiger partial charge in [0.1, 0.15) is 5.69 Å². The monoisotopic (exact) mass is 258 g/mol. The number of pyridine rings is 2. The van der Waals surface area contributed by atoms with Crippen LogP contribution in [0.25, 0.3) is 22.4 Å². The van der Waals surface area contributed by atoms with Crippen molar-refractivity contribution in [2.75, 3.05) is 0 Å². The summed E-state index contributed by atoms with van der Waals surface area (Å²) in [6.07, 6.45) is 3.96. The molecule has 0 spiro atoms. The molecule has 0 aromatic carbocycles. The number of nitrogens with zero attached hydrogens (tertiary/aromatic N) is 2. The number of carbonyl (C=O) groups is 1. The summed E-state index contributed by atoms with van der Waals surface area (Å²) in [6, 6.07) is 6.75. The summed E-state index contributed by atoms with van der Waals surface area (Å²) in [6.45, 7) is 0. The zero-order valence-corrected chi connectivity index (χ0v) is 9.89. The van der Waals surface area contributed by atoms with E-state index in [9.17, 15) is 4.79 Å². The predicted molar refractivity (Wildman–Crippen MR) is 67.6 cm³/mol. The summed E-state index contributed by atoms with van der Waals surface area (Å²) in [5.41, 5.74) is 1.32. The first-order chi connectivity index (χ1) is 8.78. The van der Waals surface area contributed by atoms with Crippen molar-refractivity contribution in [1.82, 2.24) is 9.97 Å². The molecule has 0 aliphatic heterocycles. The van der Waals surface area contributed by atoms with Crippen LogP contribution in [-0.4, -0.2) is 16.3 Å². The molecular formula is C13H7ClN2O2. The standard InChI is InChI=1S/C13H7ClN2O2/c14-10-5-12(13-2-1-8(7-17)18-13)16-11-3-4-15-6-9(10)11/h1-7H. The third kappa shape index (κ3) is 1.76. The first kappa shape index (κ1) is 10.9. The number of furan rings is 1. The van der Waals surface area contributed by atoms with Crippen LogP contribution in [0.1, 0.15) is 10.6 Å². The molecule has 0 bridgehead atoms. The van der Waals surface area contributed by atoms with Crippen molar-refractivity contribution in [1.29, 1.82) is 0 Å². The van der Waals surface area contributed by atoms with Crippen LogP contribution < -0.4 is 0 Å². The molecule has 0 atom stereocenters. The van der Waals surface area contributed by atoms with Gasteiger partial charge in [0.15, 0.2) is 17.8 Å². The summed E-state index contributed by atoms with van der Waals surface area (Å²) < 4.78 is 5.32. The second kappa shape index (κ2) is 4.23. The molecule has 3 rings (SSSR count). The quantitative estimate of drug-likeness (QED) is 0.662. The molecule has 0 aliphatic carbocycles. The second-order valence-corrected chi connectivity index (χ2v) is 4.11. The van der Waals surface area contributed by atoms with Crippen LogP contribution in [0.4, 0.5) is 0 Å². The molecule has 4 nitrogen and oxygen atoms in total. The first-order valence-corrected chi connectivity index (χ1v) is 5.61. The molecule has 5 heteroatoms. The van der Waals surface area contributed by atoms with Crippen LogP contribution in [0.3, 0.4) is 0 Å². The molecule has 0 radical (unpaired) electrons. The molecule has 0 fully saturated rings. The highest BCUT2D eigenvalue weighted by molar-refractivity contribution is 6.35. The Labute approximate surface area is 107 Å². The maximum atomic E-state index is 10.6. The van der Waals surface area contributed by atoms with Gasteiger partial charge in [-0.1, -0.05) is 11.6 Å². The number of rotatable bonds is 2. The number of hydrogen-bond acceptors (Lipinski definition) is 4. The molecule has 0 saturated heterocycles. The third-order valence-electron chi connectivity index (χ3n) is 2.56. The lowest BCUT2D eigenvalue weighted by molar-refractivity contribution is 0.110. The topological polar surface area (TPSA) is 56.0 Å². The minimum atomic E-state index is 0.262. The van der Waals surface area contributed by atoms with Gasteiger partial charge in [-0.3, -0.25) is 9.78 Å². The molecule has 3 heterocycles. The van der Waals surface area contributed by atoms with E-state index in [0.29, 0.717) is 22.8 Å². The van der Waals surface area contributed by atoms with E-state index in [2.05, 4.69) is 9.97 Å². The van der Waals surface area contributed by atoms with Gasteiger partial charge in [0, 0.05) is 17.8 Å². The number of carbonyl (C=O) groups excluding carboxylic acids is 1. The minimum absolute atomic E-state index is 0.262. The van der Waals surface area contributed by atoms with Gasteiger partial charge in [-0.2, -0.15) is 0 Å². The Balaban J connectivity index is 2.20. The van der Waals surface area contributed by atoms with Crippen LogP contribution in [0, 0.1) is 0 Å². The smallest absolute Gasteiger partial charge is 0.185 e. The Bertz CT molecular complexity index is 737. The van der Waals surface area contributed by atoms with Crippen molar-refractivity contribution in [2.45, 2.75) is 0 Å². The normalized spacial score (nSPS) is 10.7. The van der Waals surface area contributed by atoms with Crippen molar-refractivity contribution in [3.8, 4) is 11.5 Å². The number of fused-ring (bicyclic) bond motifs is 1. The van der Waals surface area contributed by atoms with Crippen molar-refractivity contribution in [3.05, 3.63) is 47.4 Å². The van der Waals surface area contributed by atoms with Crippen LogP contribution in [0.2, 0.25) is 5.02 Å². The number of aldehydes is 1. The zero-order valence-electron chi connectivity index (χ0n) is 9.13. The Morgan fingerprint density at radius 1 is 1.28 bits per heavy atom. The fraction of sp³-hybridized carbons (Fsp3) is 0. The van der Waals surface area contributed by atoms with Gasteiger partial charge >= 0.3 is 0 Å². The van der Waals surface area contributed by atoms with Gasteiger partial charge < -0.3 is 4.42 Å². The third-order valence-corrected chi connectivity index (χ3v) is 2.87. The van der Waals surface area contributed by atoms with Crippen molar-refractivity contribution in [3.63, 3.8) is 0 Å². The maximum absolute atomic E-state index is 10.6. The van der Waals surface area contributed by atoms with Crippen LogP contribution in [0.5, 0.6) is 0 Å². The summed E-state index contributed by atoms with van der Waals surface area (Å²) in [4.78, 5) is 19.0. The van der Waals surface area contributed by atoms with Gasteiger partial charge in [-0.15, -0.1) is 0 Å². The summed E-state index contributed by atoms with van der Waals surface area (Å²) >= 11 is 6.16. The average Bonchev–Trinajstić information content (AvgIpc) is 2.87. The van der Waals surface area contributed by atoms with Crippen LogP contribution in [0.15, 0.2) is 41.1 Å². The second-order valence-electron chi connectivity index (χ2n) is 3.70. The lowest BCUT2D eigenvalue weighted by Gasteiger charge is -2.02. The lowest BCUT2D eigenvalue weighted by Crippen LogP contribution is -1.86. The number of halogens is 1. The van der Waals surface area contributed by atoms with E-state index >= 15 is 0 Å². The molecular weight excluding hydrogens is 252 g/mol. The average molecular weight is 259 g/mol. The summed E-state index contributed by atoms with van der Waals surface area (Å²) in [5.74, 6) is 0.774. The zero-order chi connectivity index (χ0) is 12.5. The molecule has 0 N–H and O–H groups in total. The van der Waals surface area contributed by atoms with E-state index in [1.165, 1.54) is 0 Å². The van der Waals surface area contributed by atoms with Gasteiger partial charge in [0.2, 0.25) is 0 Å². The molecule has 0 unspecified atom stereocenters. The summed E-state index contributed by atoms with van der Waals surface area (Å²) in [5, 5.41) is 1.33. The van der Waals surface area contributed by atoms with Crippen LogP contribution in [-0.2, 0) is 0 Å². The highest BCUT2D eigenvalue weighted by atomic mass is 35.5. The van der Waals surface area contributed by atoms with E-state index in [1.54, 1.807) is 36.7 Å². The van der Waals surface area contributed by atoms with E-state index in [4.69, 9.17) is 16.0 Å². The van der Waals surface area contributed by atoms with Gasteiger partial charge in [-0.25, -0.2) is 4.98 Å². The van der Waals surface area contributed by atoms with E-state index in [-0.39, 0.29) is 5.76 Å². The van der Waals surface area contributed by atoms with Crippen LogP contribution >= 0.6 is 11.6 Å². The Hall–Kier alpha value is -2.20. The molecule has 88 valence electrons. The van der Waals surface area contributed by atoms with E-state index < -0.39 is 0 Å². The molecule has 3 aromatic rings.